The van der Waals surface area contributed by atoms with Gasteiger partial charge in [-0.1, -0.05) is 28.1 Å². The maximum absolute atomic E-state index is 11.8. The van der Waals surface area contributed by atoms with Crippen molar-refractivity contribution in [3.63, 3.8) is 0 Å². The molecule has 0 unspecified atom stereocenters. The summed E-state index contributed by atoms with van der Waals surface area (Å²) in [6, 6.07) is 9.46. The molecule has 0 bridgehead atoms. The second-order valence-electron chi connectivity index (χ2n) is 4.05. The molecule has 1 aromatic heterocycles. The molecule has 18 heavy (non-hydrogen) atoms. The molecule has 1 heterocycles. The van der Waals surface area contributed by atoms with Gasteiger partial charge in [0, 0.05) is 22.6 Å². The summed E-state index contributed by atoms with van der Waals surface area (Å²) >= 11 is 3.44. The molecule has 0 aliphatic carbocycles. The van der Waals surface area contributed by atoms with E-state index in [1.54, 1.807) is 12.4 Å². The van der Waals surface area contributed by atoms with Crippen LogP contribution in [-0.4, -0.2) is 10.9 Å². The molecule has 0 fully saturated rings. The first-order valence-electron chi connectivity index (χ1n) is 5.60. The van der Waals surface area contributed by atoms with E-state index in [-0.39, 0.29) is 5.91 Å². The maximum Gasteiger partial charge on any atom is 0.228 e. The Kier molecular flexibility index (Phi) is 4.10. The third-order valence-corrected chi connectivity index (χ3v) is 3.40. The van der Waals surface area contributed by atoms with Crippen LogP contribution >= 0.6 is 15.9 Å². The summed E-state index contributed by atoms with van der Waals surface area (Å²) in [5, 5.41) is 2.86. The van der Waals surface area contributed by atoms with Crippen molar-refractivity contribution >= 4 is 27.5 Å². The van der Waals surface area contributed by atoms with Crippen molar-refractivity contribution in [2.45, 2.75) is 13.3 Å². The number of amides is 1. The molecule has 0 atom stereocenters. The molecule has 1 N–H and O–H groups in total. The van der Waals surface area contributed by atoms with Crippen LogP contribution in [0.5, 0.6) is 0 Å². The number of rotatable bonds is 3. The van der Waals surface area contributed by atoms with Gasteiger partial charge in [0.05, 0.1) is 6.42 Å². The second-order valence-corrected chi connectivity index (χ2v) is 4.90. The van der Waals surface area contributed by atoms with Gasteiger partial charge in [-0.05, 0) is 36.2 Å². The van der Waals surface area contributed by atoms with E-state index < -0.39 is 0 Å². The number of anilines is 1. The molecular formula is C14H13BrN2O. The summed E-state index contributed by atoms with van der Waals surface area (Å²) < 4.78 is 0.988. The molecule has 0 aliphatic rings. The SMILES string of the molecule is Cc1ccc(NC(=O)Cc2cccnc2)cc1Br. The number of hydrogen-bond acceptors (Lipinski definition) is 2. The van der Waals surface area contributed by atoms with E-state index in [1.807, 2.05) is 37.3 Å². The standard InChI is InChI=1S/C14H13BrN2O/c1-10-4-5-12(8-13(10)15)17-14(18)7-11-3-2-6-16-9-11/h2-6,8-9H,7H2,1H3,(H,17,18). The first kappa shape index (κ1) is 12.8. The van der Waals surface area contributed by atoms with Crippen molar-refractivity contribution in [3.05, 3.63) is 58.3 Å². The zero-order chi connectivity index (χ0) is 13.0. The fourth-order valence-electron chi connectivity index (χ4n) is 1.56. The van der Waals surface area contributed by atoms with E-state index in [0.717, 1.165) is 21.3 Å². The van der Waals surface area contributed by atoms with Gasteiger partial charge in [0.2, 0.25) is 5.91 Å². The lowest BCUT2D eigenvalue weighted by Crippen LogP contribution is -2.14. The third-order valence-electron chi connectivity index (χ3n) is 2.54. The van der Waals surface area contributed by atoms with Crippen molar-refractivity contribution in [1.29, 1.82) is 0 Å². The van der Waals surface area contributed by atoms with Crippen LogP contribution in [0.2, 0.25) is 0 Å². The predicted octanol–water partition coefficient (Wildman–Crippen LogP) is 3.33. The van der Waals surface area contributed by atoms with Crippen LogP contribution in [0.1, 0.15) is 11.1 Å². The number of carbonyl (C=O) groups excluding carboxylic acids is 1. The average molecular weight is 305 g/mol. The minimum atomic E-state index is -0.0428. The summed E-state index contributed by atoms with van der Waals surface area (Å²) in [4.78, 5) is 15.8. The van der Waals surface area contributed by atoms with E-state index in [9.17, 15) is 4.79 Å². The number of aryl methyl sites for hydroxylation is 1. The largest absolute Gasteiger partial charge is 0.326 e. The van der Waals surface area contributed by atoms with E-state index in [2.05, 4.69) is 26.2 Å². The zero-order valence-electron chi connectivity index (χ0n) is 9.98. The third kappa shape index (κ3) is 3.40. The van der Waals surface area contributed by atoms with Gasteiger partial charge in [-0.15, -0.1) is 0 Å². The summed E-state index contributed by atoms with van der Waals surface area (Å²) in [5.74, 6) is -0.0428. The quantitative estimate of drug-likeness (QED) is 0.945. The van der Waals surface area contributed by atoms with Gasteiger partial charge in [0.15, 0.2) is 0 Å². The number of nitrogens with one attached hydrogen (secondary N) is 1. The molecule has 92 valence electrons. The van der Waals surface area contributed by atoms with Crippen molar-refractivity contribution in [2.24, 2.45) is 0 Å². The van der Waals surface area contributed by atoms with Gasteiger partial charge in [0.25, 0.3) is 0 Å². The molecule has 0 saturated heterocycles. The number of benzene rings is 1. The minimum Gasteiger partial charge on any atom is -0.326 e. The minimum absolute atomic E-state index is 0.0428. The summed E-state index contributed by atoms with van der Waals surface area (Å²) in [7, 11) is 0. The summed E-state index contributed by atoms with van der Waals surface area (Å²) in [6.45, 7) is 2.01. The Bertz CT molecular complexity index is 555. The Morgan fingerprint density at radius 3 is 2.89 bits per heavy atom. The number of pyridine rings is 1. The second kappa shape index (κ2) is 5.78. The summed E-state index contributed by atoms with van der Waals surface area (Å²) in [5.41, 5.74) is 2.84. The first-order valence-corrected chi connectivity index (χ1v) is 6.39. The van der Waals surface area contributed by atoms with Crippen LogP contribution in [0.4, 0.5) is 5.69 Å². The maximum atomic E-state index is 11.8. The average Bonchev–Trinajstić information content (AvgIpc) is 2.35. The molecular weight excluding hydrogens is 292 g/mol. The van der Waals surface area contributed by atoms with E-state index in [4.69, 9.17) is 0 Å². The lowest BCUT2D eigenvalue weighted by molar-refractivity contribution is -0.115. The zero-order valence-corrected chi connectivity index (χ0v) is 11.6. The monoisotopic (exact) mass is 304 g/mol. The van der Waals surface area contributed by atoms with Gasteiger partial charge in [0.1, 0.15) is 0 Å². The molecule has 1 amide bonds. The van der Waals surface area contributed by atoms with Gasteiger partial charge >= 0.3 is 0 Å². The van der Waals surface area contributed by atoms with Crippen molar-refractivity contribution < 1.29 is 4.79 Å². The molecule has 0 saturated carbocycles. The van der Waals surface area contributed by atoms with Gasteiger partial charge < -0.3 is 5.32 Å². The normalized spacial score (nSPS) is 10.1. The van der Waals surface area contributed by atoms with Crippen molar-refractivity contribution in [3.8, 4) is 0 Å². The highest BCUT2D eigenvalue weighted by Crippen LogP contribution is 2.20. The highest BCUT2D eigenvalue weighted by atomic mass is 79.9. The van der Waals surface area contributed by atoms with Crippen LogP contribution in [-0.2, 0) is 11.2 Å². The summed E-state index contributed by atoms with van der Waals surface area (Å²) in [6.07, 6.45) is 3.72. The first-order chi connectivity index (χ1) is 8.65. The Morgan fingerprint density at radius 1 is 1.39 bits per heavy atom. The van der Waals surface area contributed by atoms with Crippen LogP contribution in [0.15, 0.2) is 47.2 Å². The molecule has 0 spiro atoms. The molecule has 2 aromatic rings. The van der Waals surface area contributed by atoms with Crippen molar-refractivity contribution in [2.75, 3.05) is 5.32 Å². The van der Waals surface area contributed by atoms with Gasteiger partial charge in [-0.2, -0.15) is 0 Å². The van der Waals surface area contributed by atoms with Gasteiger partial charge in [-0.3, -0.25) is 9.78 Å². The fraction of sp³-hybridized carbons (Fsp3) is 0.143. The predicted molar refractivity (Wildman–Crippen MR) is 75.4 cm³/mol. The van der Waals surface area contributed by atoms with Crippen molar-refractivity contribution in [1.82, 2.24) is 4.98 Å². The molecule has 0 aliphatic heterocycles. The van der Waals surface area contributed by atoms with Gasteiger partial charge in [-0.25, -0.2) is 0 Å². The Hall–Kier alpha value is -1.68. The van der Waals surface area contributed by atoms with Crippen LogP contribution in [0.3, 0.4) is 0 Å². The van der Waals surface area contributed by atoms with Crippen LogP contribution in [0, 0.1) is 6.92 Å². The highest BCUT2D eigenvalue weighted by Gasteiger charge is 2.05. The lowest BCUT2D eigenvalue weighted by Gasteiger charge is -2.06. The Labute approximate surface area is 114 Å². The number of nitrogens with zero attached hydrogens (tertiary/aromatic N) is 1. The topological polar surface area (TPSA) is 42.0 Å². The molecule has 4 heteroatoms. The lowest BCUT2D eigenvalue weighted by atomic mass is 10.2. The molecule has 2 rings (SSSR count). The van der Waals surface area contributed by atoms with E-state index in [1.165, 1.54) is 0 Å². The number of halogens is 1. The molecule has 1 aromatic carbocycles. The Balaban J connectivity index is 2.01. The number of hydrogen-bond donors (Lipinski definition) is 1. The highest BCUT2D eigenvalue weighted by molar-refractivity contribution is 9.10. The smallest absolute Gasteiger partial charge is 0.228 e. The van der Waals surface area contributed by atoms with Crippen LogP contribution < -0.4 is 5.32 Å². The fourth-order valence-corrected chi connectivity index (χ4v) is 1.94. The molecule has 0 radical (unpaired) electrons. The Morgan fingerprint density at radius 2 is 2.22 bits per heavy atom. The van der Waals surface area contributed by atoms with E-state index >= 15 is 0 Å². The number of aromatic nitrogens is 1. The van der Waals surface area contributed by atoms with E-state index in [0.29, 0.717) is 6.42 Å². The van der Waals surface area contributed by atoms with Crippen LogP contribution in [0.25, 0.3) is 0 Å². The molecule has 3 nitrogen and oxygen atoms in total. The number of carbonyl (C=O) groups is 1.